The number of methoxy groups -OCH3 is 1. The van der Waals surface area contributed by atoms with Crippen LogP contribution in [-0.2, 0) is 0 Å². The summed E-state index contributed by atoms with van der Waals surface area (Å²) in [5, 5.41) is 0. The number of ether oxygens (including phenoxy) is 1. The average Bonchev–Trinajstić information content (AvgIpc) is 2.69. The zero-order chi connectivity index (χ0) is 10.6. The molecule has 3 heteroatoms. The fourth-order valence-electron chi connectivity index (χ4n) is 1.29. The Morgan fingerprint density at radius 3 is 2.71 bits per heavy atom. The summed E-state index contributed by atoms with van der Waals surface area (Å²) in [5.74, 6) is 0.859. The fourth-order valence-corrected chi connectivity index (χ4v) is 1.29. The van der Waals surface area contributed by atoms with Crippen LogP contribution in [0.5, 0.6) is 5.75 Å². The van der Waals surface area contributed by atoms with Crippen LogP contribution in [0.3, 0.4) is 0 Å². The fraction of sp³-hybridized carbons (Fsp3) is 0.364. The molecule has 0 aliphatic rings. The molecular weight excluding hydrogens is 176 g/mol. The molecule has 0 radical (unpaired) electrons. The Balaban J connectivity index is 0.000000461. The monoisotopic (exact) mass is 192 g/mol. The van der Waals surface area contributed by atoms with E-state index >= 15 is 0 Å². The number of aryl methyl sites for hydroxylation is 1. The molecule has 76 valence electrons. The lowest BCUT2D eigenvalue weighted by atomic mass is 10.2. The van der Waals surface area contributed by atoms with Gasteiger partial charge in [0.05, 0.1) is 31.3 Å². The van der Waals surface area contributed by atoms with Gasteiger partial charge < -0.3 is 9.14 Å². The van der Waals surface area contributed by atoms with E-state index in [0.717, 1.165) is 11.3 Å². The maximum atomic E-state index is 5.12. The average molecular weight is 192 g/mol. The van der Waals surface area contributed by atoms with Crippen molar-refractivity contribution in [1.29, 1.82) is 0 Å². The molecule has 0 saturated heterocycles. The zero-order valence-electron chi connectivity index (χ0n) is 9.11. The molecule has 0 amide bonds. The molecule has 3 nitrogen and oxygen atoms in total. The molecule has 0 unspecified atom stereocenters. The van der Waals surface area contributed by atoms with Gasteiger partial charge in [0.25, 0.3) is 0 Å². The van der Waals surface area contributed by atoms with Crippen molar-refractivity contribution in [3.63, 3.8) is 0 Å². The molecule has 0 aliphatic heterocycles. The highest BCUT2D eigenvalue weighted by Crippen LogP contribution is 2.16. The third kappa shape index (κ3) is 1.87. The van der Waals surface area contributed by atoms with E-state index in [-0.39, 0.29) is 0 Å². The molecule has 0 saturated carbocycles. The molecule has 2 aromatic heterocycles. The first-order chi connectivity index (χ1) is 6.81. The number of pyridine rings is 1. The molecule has 0 atom stereocenters. The van der Waals surface area contributed by atoms with Crippen molar-refractivity contribution >= 4 is 5.52 Å². The molecule has 0 N–H and O–H groups in total. The number of aromatic nitrogens is 2. The van der Waals surface area contributed by atoms with Gasteiger partial charge in [-0.2, -0.15) is 0 Å². The minimum absolute atomic E-state index is 0.859. The van der Waals surface area contributed by atoms with Gasteiger partial charge in [0.1, 0.15) is 5.75 Å². The Hall–Kier alpha value is -1.51. The topological polar surface area (TPSA) is 26.5 Å². The highest BCUT2D eigenvalue weighted by Gasteiger charge is 1.99. The number of imidazole rings is 1. The molecule has 0 aromatic carbocycles. The van der Waals surface area contributed by atoms with Gasteiger partial charge >= 0.3 is 0 Å². The van der Waals surface area contributed by atoms with E-state index in [4.69, 9.17) is 4.74 Å². The Bertz CT molecular complexity index is 407. The van der Waals surface area contributed by atoms with E-state index in [2.05, 4.69) is 4.98 Å². The molecule has 14 heavy (non-hydrogen) atoms. The van der Waals surface area contributed by atoms with E-state index in [0.29, 0.717) is 0 Å². The maximum Gasteiger partial charge on any atom is 0.135 e. The summed E-state index contributed by atoms with van der Waals surface area (Å²) in [6, 6.07) is 2.00. The smallest absolute Gasteiger partial charge is 0.135 e. The second-order valence-electron chi connectivity index (χ2n) is 2.75. The van der Waals surface area contributed by atoms with Gasteiger partial charge in [-0.25, -0.2) is 4.98 Å². The van der Waals surface area contributed by atoms with Gasteiger partial charge in [0.2, 0.25) is 0 Å². The third-order valence-electron chi connectivity index (χ3n) is 1.93. The lowest BCUT2D eigenvalue weighted by Crippen LogP contribution is -1.89. The van der Waals surface area contributed by atoms with E-state index in [1.807, 2.05) is 43.6 Å². The minimum atomic E-state index is 0.859. The number of hydrogen-bond acceptors (Lipinski definition) is 2. The lowest BCUT2D eigenvalue weighted by Gasteiger charge is -2.03. The van der Waals surface area contributed by atoms with Gasteiger partial charge in [0.15, 0.2) is 0 Å². The van der Waals surface area contributed by atoms with Gasteiger partial charge in [-0.05, 0) is 18.6 Å². The molecule has 0 aliphatic carbocycles. The predicted octanol–water partition coefficient (Wildman–Crippen LogP) is 2.68. The van der Waals surface area contributed by atoms with Crippen molar-refractivity contribution in [3.8, 4) is 5.75 Å². The summed E-state index contributed by atoms with van der Waals surface area (Å²) in [6.45, 7) is 6.04. The van der Waals surface area contributed by atoms with Crippen molar-refractivity contribution in [3.05, 3.63) is 30.4 Å². The standard InChI is InChI=1S/C9H10N2O.C2H6/c1-7-3-8(12-2)5-11-6-10-4-9(7)11;1-2/h3-6H,1-2H3;1-2H3. The first kappa shape index (κ1) is 10.6. The van der Waals surface area contributed by atoms with Crippen LogP contribution in [0.2, 0.25) is 0 Å². The van der Waals surface area contributed by atoms with Crippen molar-refractivity contribution in [2.24, 2.45) is 0 Å². The molecule has 2 aromatic rings. The Labute approximate surface area is 84.3 Å². The largest absolute Gasteiger partial charge is 0.495 e. The van der Waals surface area contributed by atoms with Gasteiger partial charge in [-0.1, -0.05) is 13.8 Å². The van der Waals surface area contributed by atoms with Crippen LogP contribution >= 0.6 is 0 Å². The van der Waals surface area contributed by atoms with E-state index in [1.165, 1.54) is 5.56 Å². The van der Waals surface area contributed by atoms with E-state index in [9.17, 15) is 0 Å². The van der Waals surface area contributed by atoms with Crippen molar-refractivity contribution in [1.82, 2.24) is 9.38 Å². The van der Waals surface area contributed by atoms with Crippen LogP contribution in [0, 0.1) is 6.92 Å². The zero-order valence-corrected chi connectivity index (χ0v) is 9.11. The summed E-state index contributed by atoms with van der Waals surface area (Å²) in [7, 11) is 1.66. The second-order valence-corrected chi connectivity index (χ2v) is 2.75. The molecule has 2 heterocycles. The maximum absolute atomic E-state index is 5.12. The molecule has 0 fully saturated rings. The highest BCUT2D eigenvalue weighted by atomic mass is 16.5. The lowest BCUT2D eigenvalue weighted by molar-refractivity contribution is 0.412. The quantitative estimate of drug-likeness (QED) is 0.694. The van der Waals surface area contributed by atoms with Crippen LogP contribution in [-0.4, -0.2) is 16.5 Å². The molecule has 0 bridgehead atoms. The Morgan fingerprint density at radius 1 is 1.36 bits per heavy atom. The Kier molecular flexibility index (Phi) is 3.51. The third-order valence-corrected chi connectivity index (χ3v) is 1.93. The van der Waals surface area contributed by atoms with Crippen molar-refractivity contribution in [2.75, 3.05) is 7.11 Å². The van der Waals surface area contributed by atoms with Gasteiger partial charge in [0, 0.05) is 0 Å². The summed E-state index contributed by atoms with van der Waals surface area (Å²) in [4.78, 5) is 4.04. The number of hydrogen-bond donors (Lipinski definition) is 0. The van der Waals surface area contributed by atoms with Crippen LogP contribution in [0.1, 0.15) is 19.4 Å². The summed E-state index contributed by atoms with van der Waals surface area (Å²) >= 11 is 0. The number of fused-ring (bicyclic) bond motifs is 1. The molecular formula is C11H16N2O. The summed E-state index contributed by atoms with van der Waals surface area (Å²) < 4.78 is 7.08. The van der Waals surface area contributed by atoms with Gasteiger partial charge in [-0.3, -0.25) is 0 Å². The highest BCUT2D eigenvalue weighted by molar-refractivity contribution is 5.54. The van der Waals surface area contributed by atoms with Crippen molar-refractivity contribution in [2.45, 2.75) is 20.8 Å². The number of nitrogens with zero attached hydrogens (tertiary/aromatic N) is 2. The summed E-state index contributed by atoms with van der Waals surface area (Å²) in [5.41, 5.74) is 2.29. The predicted molar refractivity (Wildman–Crippen MR) is 57.8 cm³/mol. The first-order valence-corrected chi connectivity index (χ1v) is 4.77. The van der Waals surface area contributed by atoms with E-state index < -0.39 is 0 Å². The second kappa shape index (κ2) is 4.65. The van der Waals surface area contributed by atoms with Crippen LogP contribution in [0.25, 0.3) is 5.52 Å². The Morgan fingerprint density at radius 2 is 2.07 bits per heavy atom. The normalized spacial score (nSPS) is 9.43. The van der Waals surface area contributed by atoms with Crippen LogP contribution in [0.4, 0.5) is 0 Å². The van der Waals surface area contributed by atoms with Gasteiger partial charge in [-0.15, -0.1) is 0 Å². The van der Waals surface area contributed by atoms with E-state index in [1.54, 1.807) is 13.4 Å². The number of rotatable bonds is 1. The SMILES string of the molecule is CC.COc1cc(C)c2cncn2c1. The first-order valence-electron chi connectivity index (χ1n) is 4.77. The van der Waals surface area contributed by atoms with Crippen molar-refractivity contribution < 1.29 is 4.74 Å². The minimum Gasteiger partial charge on any atom is -0.495 e. The summed E-state index contributed by atoms with van der Waals surface area (Å²) in [6.07, 6.45) is 5.52. The molecule has 2 rings (SSSR count). The van der Waals surface area contributed by atoms with Crippen LogP contribution < -0.4 is 4.74 Å². The molecule has 0 spiro atoms. The van der Waals surface area contributed by atoms with Crippen LogP contribution in [0.15, 0.2) is 24.8 Å².